The van der Waals surface area contributed by atoms with Crippen LogP contribution in [0, 0.1) is 0 Å². The van der Waals surface area contributed by atoms with Crippen LogP contribution >= 0.6 is 12.4 Å². The van der Waals surface area contributed by atoms with Gasteiger partial charge in [-0.15, -0.1) is 12.4 Å². The Hall–Kier alpha value is -1.26. The van der Waals surface area contributed by atoms with Gasteiger partial charge in [0.1, 0.15) is 5.75 Å². The third-order valence-corrected chi connectivity index (χ3v) is 3.35. The van der Waals surface area contributed by atoms with Crippen LogP contribution in [-0.2, 0) is 4.79 Å². The number of hydrogen-bond donors (Lipinski definition) is 2. The Morgan fingerprint density at radius 1 is 1.25 bits per heavy atom. The maximum atomic E-state index is 11.5. The smallest absolute Gasteiger partial charge is 0.224 e. The molecule has 1 fully saturated rings. The van der Waals surface area contributed by atoms with E-state index in [0.29, 0.717) is 25.5 Å². The second kappa shape index (κ2) is 8.82. The van der Waals surface area contributed by atoms with Gasteiger partial charge in [-0.2, -0.15) is 0 Å². The molecule has 0 bridgehead atoms. The van der Waals surface area contributed by atoms with E-state index in [2.05, 4.69) is 5.32 Å². The van der Waals surface area contributed by atoms with E-state index >= 15 is 0 Å². The highest BCUT2D eigenvalue weighted by molar-refractivity contribution is 5.90. The number of rotatable bonds is 6. The molecule has 20 heavy (non-hydrogen) atoms. The molecule has 1 aliphatic rings. The second-order valence-corrected chi connectivity index (χ2v) is 4.99. The summed E-state index contributed by atoms with van der Waals surface area (Å²) in [6.07, 6.45) is 6.38. The van der Waals surface area contributed by atoms with Crippen molar-refractivity contribution in [1.29, 1.82) is 0 Å². The van der Waals surface area contributed by atoms with E-state index in [0.717, 1.165) is 24.3 Å². The van der Waals surface area contributed by atoms with Crippen LogP contribution in [0.3, 0.4) is 0 Å². The fourth-order valence-electron chi connectivity index (χ4n) is 2.30. The fourth-order valence-corrected chi connectivity index (χ4v) is 2.30. The molecule has 1 amide bonds. The SMILES string of the molecule is Cl.NCCCC(=O)Nc1ccc(OC2CCCC2)cc1. The van der Waals surface area contributed by atoms with Crippen molar-refractivity contribution < 1.29 is 9.53 Å². The Morgan fingerprint density at radius 3 is 2.50 bits per heavy atom. The van der Waals surface area contributed by atoms with Gasteiger partial charge in [-0.3, -0.25) is 4.79 Å². The molecule has 5 heteroatoms. The van der Waals surface area contributed by atoms with Crippen molar-refractivity contribution in [2.75, 3.05) is 11.9 Å². The lowest BCUT2D eigenvalue weighted by Gasteiger charge is -2.13. The third-order valence-electron chi connectivity index (χ3n) is 3.35. The van der Waals surface area contributed by atoms with Gasteiger partial charge in [-0.05, 0) is 62.9 Å². The van der Waals surface area contributed by atoms with Gasteiger partial charge >= 0.3 is 0 Å². The molecule has 1 saturated carbocycles. The minimum Gasteiger partial charge on any atom is -0.490 e. The summed E-state index contributed by atoms with van der Waals surface area (Å²) in [6.45, 7) is 0.543. The quantitative estimate of drug-likeness (QED) is 0.848. The highest BCUT2D eigenvalue weighted by Gasteiger charge is 2.16. The predicted molar refractivity (Wildman–Crippen MR) is 83.5 cm³/mol. The molecule has 2 rings (SSSR count). The first-order chi connectivity index (χ1) is 9.28. The molecular weight excluding hydrogens is 276 g/mol. The molecule has 112 valence electrons. The van der Waals surface area contributed by atoms with Crippen LogP contribution in [-0.4, -0.2) is 18.6 Å². The standard InChI is InChI=1S/C15H22N2O2.ClH/c16-11-3-6-15(18)17-12-7-9-14(10-8-12)19-13-4-1-2-5-13;/h7-10,13H,1-6,11,16H2,(H,17,18);1H. The zero-order valence-electron chi connectivity index (χ0n) is 11.6. The number of nitrogens with one attached hydrogen (secondary N) is 1. The summed E-state index contributed by atoms with van der Waals surface area (Å²) in [4.78, 5) is 11.5. The Balaban J connectivity index is 0.00000200. The van der Waals surface area contributed by atoms with E-state index in [1.807, 2.05) is 24.3 Å². The lowest BCUT2D eigenvalue weighted by Crippen LogP contribution is -2.13. The average molecular weight is 299 g/mol. The minimum atomic E-state index is 0. The van der Waals surface area contributed by atoms with E-state index in [1.165, 1.54) is 12.8 Å². The van der Waals surface area contributed by atoms with Gasteiger partial charge in [0.15, 0.2) is 0 Å². The Kier molecular flexibility index (Phi) is 7.41. The molecule has 1 aliphatic carbocycles. The summed E-state index contributed by atoms with van der Waals surface area (Å²) >= 11 is 0. The van der Waals surface area contributed by atoms with Gasteiger partial charge in [0.05, 0.1) is 6.10 Å². The second-order valence-electron chi connectivity index (χ2n) is 4.99. The van der Waals surface area contributed by atoms with E-state index in [4.69, 9.17) is 10.5 Å². The normalized spacial score (nSPS) is 14.7. The number of nitrogens with two attached hydrogens (primary N) is 1. The molecule has 1 aromatic carbocycles. The largest absolute Gasteiger partial charge is 0.490 e. The summed E-state index contributed by atoms with van der Waals surface area (Å²) in [6, 6.07) is 7.59. The highest BCUT2D eigenvalue weighted by atomic mass is 35.5. The molecule has 4 nitrogen and oxygen atoms in total. The van der Waals surface area contributed by atoms with Gasteiger partial charge in [-0.1, -0.05) is 0 Å². The molecule has 0 atom stereocenters. The molecular formula is C15H23ClN2O2. The van der Waals surface area contributed by atoms with Crippen molar-refractivity contribution in [3.05, 3.63) is 24.3 Å². The highest BCUT2D eigenvalue weighted by Crippen LogP contribution is 2.24. The summed E-state index contributed by atoms with van der Waals surface area (Å²) in [5.74, 6) is 0.891. The summed E-state index contributed by atoms with van der Waals surface area (Å²) in [7, 11) is 0. The van der Waals surface area contributed by atoms with Crippen LogP contribution in [0.2, 0.25) is 0 Å². The molecule has 0 radical (unpaired) electrons. The summed E-state index contributed by atoms with van der Waals surface area (Å²) in [5, 5.41) is 2.85. The molecule has 0 saturated heterocycles. The summed E-state index contributed by atoms with van der Waals surface area (Å²) in [5.41, 5.74) is 6.18. The molecule has 1 aromatic rings. The Bertz CT molecular complexity index is 403. The van der Waals surface area contributed by atoms with E-state index < -0.39 is 0 Å². The minimum absolute atomic E-state index is 0. The van der Waals surface area contributed by atoms with Gasteiger partial charge in [-0.25, -0.2) is 0 Å². The van der Waals surface area contributed by atoms with Crippen LogP contribution in [0.5, 0.6) is 5.75 Å². The lowest BCUT2D eigenvalue weighted by molar-refractivity contribution is -0.116. The van der Waals surface area contributed by atoms with Crippen LogP contribution in [0.15, 0.2) is 24.3 Å². The fraction of sp³-hybridized carbons (Fsp3) is 0.533. The van der Waals surface area contributed by atoms with Gasteiger partial charge in [0.25, 0.3) is 0 Å². The first kappa shape index (κ1) is 16.8. The molecule has 0 unspecified atom stereocenters. The first-order valence-corrected chi connectivity index (χ1v) is 7.04. The van der Waals surface area contributed by atoms with Crippen molar-refractivity contribution in [2.45, 2.75) is 44.6 Å². The molecule has 3 N–H and O–H groups in total. The maximum Gasteiger partial charge on any atom is 0.224 e. The Morgan fingerprint density at radius 2 is 1.90 bits per heavy atom. The third kappa shape index (κ3) is 5.39. The number of carbonyl (C=O) groups is 1. The number of amides is 1. The van der Waals surface area contributed by atoms with Gasteiger partial charge in [0.2, 0.25) is 5.91 Å². The Labute approximate surface area is 126 Å². The molecule has 0 aliphatic heterocycles. The molecule has 0 aromatic heterocycles. The monoisotopic (exact) mass is 298 g/mol. The predicted octanol–water partition coefficient (Wildman–Crippen LogP) is 3.11. The van der Waals surface area contributed by atoms with Crippen molar-refractivity contribution >= 4 is 24.0 Å². The van der Waals surface area contributed by atoms with Crippen LogP contribution in [0.25, 0.3) is 0 Å². The number of halogens is 1. The van der Waals surface area contributed by atoms with Gasteiger partial charge < -0.3 is 15.8 Å². The van der Waals surface area contributed by atoms with Crippen molar-refractivity contribution in [2.24, 2.45) is 5.73 Å². The topological polar surface area (TPSA) is 64.4 Å². The van der Waals surface area contributed by atoms with Crippen LogP contribution in [0.1, 0.15) is 38.5 Å². The number of benzene rings is 1. The average Bonchev–Trinajstić information content (AvgIpc) is 2.91. The number of ether oxygens (including phenoxy) is 1. The van der Waals surface area contributed by atoms with Crippen molar-refractivity contribution in [3.63, 3.8) is 0 Å². The van der Waals surface area contributed by atoms with E-state index in [-0.39, 0.29) is 18.3 Å². The number of anilines is 1. The van der Waals surface area contributed by atoms with Gasteiger partial charge in [0, 0.05) is 12.1 Å². The first-order valence-electron chi connectivity index (χ1n) is 7.04. The van der Waals surface area contributed by atoms with E-state index in [1.54, 1.807) is 0 Å². The summed E-state index contributed by atoms with van der Waals surface area (Å²) < 4.78 is 5.87. The van der Waals surface area contributed by atoms with Crippen molar-refractivity contribution in [1.82, 2.24) is 0 Å². The molecule has 0 heterocycles. The van der Waals surface area contributed by atoms with Crippen molar-refractivity contribution in [3.8, 4) is 5.75 Å². The number of carbonyl (C=O) groups excluding carboxylic acids is 1. The molecule has 0 spiro atoms. The van der Waals surface area contributed by atoms with Crippen LogP contribution in [0.4, 0.5) is 5.69 Å². The number of hydrogen-bond acceptors (Lipinski definition) is 3. The zero-order chi connectivity index (χ0) is 13.5. The maximum absolute atomic E-state index is 11.5. The lowest BCUT2D eigenvalue weighted by atomic mass is 10.2. The van der Waals surface area contributed by atoms with Crippen LogP contribution < -0.4 is 15.8 Å². The zero-order valence-corrected chi connectivity index (χ0v) is 12.5. The van der Waals surface area contributed by atoms with E-state index in [9.17, 15) is 4.79 Å².